The van der Waals surface area contributed by atoms with Gasteiger partial charge in [0.15, 0.2) is 6.61 Å². The summed E-state index contributed by atoms with van der Waals surface area (Å²) >= 11 is 0. The van der Waals surface area contributed by atoms with Crippen molar-refractivity contribution in [3.8, 4) is 11.6 Å². The van der Waals surface area contributed by atoms with Crippen LogP contribution in [-0.2, 0) is 16.1 Å². The monoisotopic (exact) mass is 478 g/mol. The van der Waals surface area contributed by atoms with Gasteiger partial charge in [0.25, 0.3) is 0 Å². The van der Waals surface area contributed by atoms with E-state index in [9.17, 15) is 22.8 Å². The number of nitrogens with one attached hydrogen (secondary N) is 1. The summed E-state index contributed by atoms with van der Waals surface area (Å²) in [7, 11) is 1.61. The topological polar surface area (TPSA) is 84.0 Å². The Morgan fingerprint density at radius 2 is 1.79 bits per heavy atom. The number of carbonyl (C=O) groups is 2. The minimum Gasteiger partial charge on any atom is -0.497 e. The van der Waals surface area contributed by atoms with E-state index in [4.69, 9.17) is 4.74 Å². The number of nitrogens with zero attached hydrogens (tertiary/aromatic N) is 3. The smallest absolute Gasteiger partial charge is 0.422 e. The molecule has 2 aromatic rings. The van der Waals surface area contributed by atoms with E-state index in [1.54, 1.807) is 12.0 Å². The molecular weight excluding hydrogens is 453 g/mol. The normalized spacial score (nSPS) is 14.2. The van der Waals surface area contributed by atoms with Crippen molar-refractivity contribution in [3.63, 3.8) is 0 Å². The first-order valence-electron chi connectivity index (χ1n) is 10.5. The van der Waals surface area contributed by atoms with Crippen LogP contribution in [-0.4, -0.2) is 67.8 Å². The van der Waals surface area contributed by atoms with Crippen LogP contribution in [0, 0.1) is 0 Å². The van der Waals surface area contributed by atoms with Crippen LogP contribution in [0.3, 0.4) is 0 Å². The van der Waals surface area contributed by atoms with Crippen molar-refractivity contribution in [1.29, 1.82) is 0 Å². The summed E-state index contributed by atoms with van der Waals surface area (Å²) in [4.78, 5) is 32.1. The highest BCUT2D eigenvalue weighted by molar-refractivity contribution is 5.96. The third kappa shape index (κ3) is 7.39. The Hall–Kier alpha value is -3.76. The van der Waals surface area contributed by atoms with Crippen molar-refractivity contribution in [3.05, 3.63) is 60.3 Å². The molecule has 8 nitrogen and oxygen atoms in total. The van der Waals surface area contributed by atoms with Crippen LogP contribution < -0.4 is 19.7 Å². The lowest BCUT2D eigenvalue weighted by molar-refractivity contribution is -0.154. The molecule has 11 heteroatoms. The predicted molar refractivity (Wildman–Crippen MR) is 119 cm³/mol. The summed E-state index contributed by atoms with van der Waals surface area (Å²) in [6.45, 7) is 0.739. The maximum Gasteiger partial charge on any atom is 0.422 e. The number of aromatic nitrogens is 1. The van der Waals surface area contributed by atoms with E-state index in [0.717, 1.165) is 17.5 Å². The van der Waals surface area contributed by atoms with E-state index in [2.05, 4.69) is 19.9 Å². The molecule has 0 unspecified atom stereocenters. The number of methoxy groups -OCH3 is 1. The number of anilines is 1. The van der Waals surface area contributed by atoms with Crippen LogP contribution in [0.25, 0.3) is 0 Å². The molecule has 1 aromatic heterocycles. The second kappa shape index (κ2) is 11.4. The molecule has 1 aromatic carbocycles. The second-order valence-electron chi connectivity index (χ2n) is 7.43. The zero-order valence-electron chi connectivity index (χ0n) is 18.5. The van der Waals surface area contributed by atoms with Gasteiger partial charge < -0.3 is 24.6 Å². The minimum absolute atomic E-state index is 0.0983. The molecule has 34 heavy (non-hydrogen) atoms. The maximum atomic E-state index is 12.4. The fourth-order valence-corrected chi connectivity index (χ4v) is 3.31. The first kappa shape index (κ1) is 24.9. The molecule has 1 N–H and O–H groups in total. The van der Waals surface area contributed by atoms with Gasteiger partial charge >= 0.3 is 6.18 Å². The number of halogens is 3. The molecule has 0 saturated carbocycles. The summed E-state index contributed by atoms with van der Waals surface area (Å²) in [6, 6.07) is 10.7. The lowest BCUT2D eigenvalue weighted by Crippen LogP contribution is -2.48. The third-order valence-corrected chi connectivity index (χ3v) is 5.08. The van der Waals surface area contributed by atoms with Gasteiger partial charge in [0.2, 0.25) is 17.7 Å². The number of pyridine rings is 1. The molecule has 3 rings (SSSR count). The molecule has 1 fully saturated rings. The number of carbonyl (C=O) groups excluding carboxylic acids is 2. The third-order valence-electron chi connectivity index (χ3n) is 5.08. The number of hydrogen-bond donors (Lipinski definition) is 1. The molecule has 0 bridgehead atoms. The number of piperazine rings is 1. The predicted octanol–water partition coefficient (Wildman–Crippen LogP) is 2.55. The molecule has 1 aliphatic rings. The minimum atomic E-state index is -4.50. The lowest BCUT2D eigenvalue weighted by Gasteiger charge is -2.35. The van der Waals surface area contributed by atoms with Gasteiger partial charge in [0, 0.05) is 62.3 Å². The van der Waals surface area contributed by atoms with Crippen molar-refractivity contribution < 1.29 is 32.2 Å². The van der Waals surface area contributed by atoms with Crippen molar-refractivity contribution in [1.82, 2.24) is 15.2 Å². The van der Waals surface area contributed by atoms with Gasteiger partial charge in [-0.1, -0.05) is 6.07 Å². The van der Waals surface area contributed by atoms with Crippen LogP contribution >= 0.6 is 0 Å². The quantitative estimate of drug-likeness (QED) is 0.588. The maximum absolute atomic E-state index is 12.4. The van der Waals surface area contributed by atoms with Gasteiger partial charge in [-0.2, -0.15) is 13.2 Å². The van der Waals surface area contributed by atoms with E-state index in [0.29, 0.717) is 26.2 Å². The summed E-state index contributed by atoms with van der Waals surface area (Å²) in [5.74, 6) is -0.291. The summed E-state index contributed by atoms with van der Waals surface area (Å²) in [5.41, 5.74) is 1.33. The molecule has 1 saturated heterocycles. The molecule has 2 heterocycles. The molecule has 1 aliphatic heterocycles. The number of hydrogen-bond acceptors (Lipinski definition) is 6. The van der Waals surface area contributed by atoms with Gasteiger partial charge in [-0.3, -0.25) is 9.59 Å². The van der Waals surface area contributed by atoms with E-state index >= 15 is 0 Å². The highest BCUT2D eigenvalue weighted by atomic mass is 19.4. The Bertz CT molecular complexity index is 1000. The molecule has 0 atom stereocenters. The van der Waals surface area contributed by atoms with Gasteiger partial charge in [0.05, 0.1) is 7.11 Å². The fourth-order valence-electron chi connectivity index (χ4n) is 3.31. The molecule has 2 amide bonds. The van der Waals surface area contributed by atoms with Crippen LogP contribution in [0.5, 0.6) is 11.6 Å². The van der Waals surface area contributed by atoms with Gasteiger partial charge in [-0.15, -0.1) is 0 Å². The van der Waals surface area contributed by atoms with Crippen molar-refractivity contribution in [2.45, 2.75) is 12.7 Å². The molecule has 0 aliphatic carbocycles. The Morgan fingerprint density at radius 3 is 2.44 bits per heavy atom. The van der Waals surface area contributed by atoms with Crippen LogP contribution in [0.4, 0.5) is 18.9 Å². The van der Waals surface area contributed by atoms with Crippen LogP contribution in [0.2, 0.25) is 0 Å². The first-order chi connectivity index (χ1) is 16.2. The summed E-state index contributed by atoms with van der Waals surface area (Å²) in [6.07, 6.45) is -0.918. The molecule has 182 valence electrons. The SMILES string of the molecule is COc1ccc(N2CCN(C(=O)C=CC(=O)NCc3cccnc3OCC(F)(F)F)CC2)cc1. The average Bonchev–Trinajstić information content (AvgIpc) is 2.85. The number of ether oxygens (including phenoxy) is 2. The Kier molecular flexibility index (Phi) is 8.34. The number of amides is 2. The van der Waals surface area contributed by atoms with Gasteiger partial charge in [-0.05, 0) is 30.3 Å². The van der Waals surface area contributed by atoms with E-state index in [1.165, 1.54) is 24.4 Å². The second-order valence-corrected chi connectivity index (χ2v) is 7.43. The highest BCUT2D eigenvalue weighted by Crippen LogP contribution is 2.21. The van der Waals surface area contributed by atoms with E-state index in [1.807, 2.05) is 24.3 Å². The Morgan fingerprint density at radius 1 is 1.09 bits per heavy atom. The zero-order valence-corrected chi connectivity index (χ0v) is 18.5. The first-order valence-corrected chi connectivity index (χ1v) is 10.5. The Labute approximate surface area is 195 Å². The number of rotatable bonds is 8. The summed E-state index contributed by atoms with van der Waals surface area (Å²) < 4.78 is 47.0. The highest BCUT2D eigenvalue weighted by Gasteiger charge is 2.29. The van der Waals surface area contributed by atoms with Crippen molar-refractivity contribution in [2.24, 2.45) is 0 Å². The van der Waals surface area contributed by atoms with Gasteiger partial charge in [-0.25, -0.2) is 4.98 Å². The average molecular weight is 478 g/mol. The van der Waals surface area contributed by atoms with Crippen LogP contribution in [0.15, 0.2) is 54.7 Å². The van der Waals surface area contributed by atoms with Crippen LogP contribution in [0.1, 0.15) is 5.56 Å². The zero-order chi connectivity index (χ0) is 24.6. The fraction of sp³-hybridized carbons (Fsp3) is 0.348. The largest absolute Gasteiger partial charge is 0.497 e. The molecule has 0 radical (unpaired) electrons. The van der Waals surface area contributed by atoms with Gasteiger partial charge in [0.1, 0.15) is 5.75 Å². The Balaban J connectivity index is 1.45. The van der Waals surface area contributed by atoms with E-state index in [-0.39, 0.29) is 23.9 Å². The van der Waals surface area contributed by atoms with Crippen molar-refractivity contribution >= 4 is 17.5 Å². The molecular formula is C23H25F3N4O4. The summed E-state index contributed by atoms with van der Waals surface area (Å²) in [5, 5.41) is 2.52. The lowest BCUT2D eigenvalue weighted by atomic mass is 10.2. The standard InChI is InChI=1S/C23H25F3N4O4/c1-33-19-6-4-18(5-7-19)29-11-13-30(14-12-29)21(32)9-8-20(31)28-15-17-3-2-10-27-22(17)34-16-23(24,25)26/h2-10H,11-16H2,1H3,(H,28,31). The molecule has 0 spiro atoms. The van der Waals surface area contributed by atoms with E-state index < -0.39 is 18.7 Å². The number of benzene rings is 1. The number of alkyl halides is 3. The van der Waals surface area contributed by atoms with Crippen molar-refractivity contribution in [2.75, 3.05) is 44.8 Å².